The molecule has 0 saturated heterocycles. The molecule has 0 aromatic heterocycles. The Balaban J connectivity index is 1.12. The maximum atomic E-state index is 2.39. The predicted octanol–water partition coefficient (Wildman–Crippen LogP) is 12.4. The van der Waals surface area contributed by atoms with Crippen molar-refractivity contribution in [3.8, 4) is 33.4 Å². The van der Waals surface area contributed by atoms with E-state index in [-0.39, 0.29) is 0 Å². The summed E-state index contributed by atoms with van der Waals surface area (Å²) in [4.78, 5) is 2.67. The Morgan fingerprint density at radius 3 is 1.77 bits per heavy atom. The Morgan fingerprint density at radius 1 is 0.302 bits per heavy atom. The van der Waals surface area contributed by atoms with E-state index >= 15 is 0 Å². The minimum atomic E-state index is 1.25. The van der Waals surface area contributed by atoms with Gasteiger partial charge in [-0.25, -0.2) is 0 Å². The van der Waals surface area contributed by atoms with Gasteiger partial charge in [0.2, 0.25) is 0 Å². The number of benzene rings is 9. The number of hydrogen-bond acceptors (Lipinski definition) is 1. The van der Waals surface area contributed by atoms with Gasteiger partial charge in [-0.15, -0.1) is 0 Å². The second-order valence-corrected chi connectivity index (χ2v) is 12.8. The van der Waals surface area contributed by atoms with Crippen LogP contribution in [-0.2, 0) is 0 Å². The molecule has 0 spiro atoms. The van der Waals surface area contributed by atoms with Crippen molar-refractivity contribution in [2.45, 2.75) is 9.79 Å². The zero-order valence-electron chi connectivity index (χ0n) is 23.3. The maximum Gasteiger partial charge on any atom is 0.0207 e. The maximum absolute atomic E-state index is 2.39. The first-order valence-electron chi connectivity index (χ1n) is 14.8. The molecule has 0 radical (unpaired) electrons. The molecule has 0 N–H and O–H groups in total. The van der Waals surface area contributed by atoms with Crippen molar-refractivity contribution >= 4 is 65.6 Å². The van der Waals surface area contributed by atoms with Crippen LogP contribution >= 0.6 is 11.8 Å². The van der Waals surface area contributed by atoms with E-state index in [0.29, 0.717) is 0 Å². The molecule has 9 aromatic rings. The molecule has 0 amide bonds. The predicted molar refractivity (Wildman–Crippen MR) is 186 cm³/mol. The molecular weight excluding hydrogens is 537 g/mol. The third-order valence-electron chi connectivity index (χ3n) is 9.37. The molecule has 1 aliphatic rings. The summed E-state index contributed by atoms with van der Waals surface area (Å²) in [5, 5.41) is 13.2. The molecule has 0 nitrogen and oxygen atoms in total. The Hall–Kier alpha value is -5.11. The lowest BCUT2D eigenvalue weighted by molar-refractivity contribution is 1.40. The molecule has 10 rings (SSSR count). The van der Waals surface area contributed by atoms with Crippen LogP contribution in [-0.4, -0.2) is 0 Å². The third-order valence-corrected chi connectivity index (χ3v) is 10.5. The van der Waals surface area contributed by atoms with E-state index in [9.17, 15) is 0 Å². The van der Waals surface area contributed by atoms with E-state index in [2.05, 4.69) is 146 Å². The molecule has 0 saturated carbocycles. The van der Waals surface area contributed by atoms with Crippen molar-refractivity contribution in [3.63, 3.8) is 0 Å². The Labute approximate surface area is 253 Å². The van der Waals surface area contributed by atoms with Gasteiger partial charge in [0.15, 0.2) is 0 Å². The quantitative estimate of drug-likeness (QED) is 0.190. The summed E-state index contributed by atoms with van der Waals surface area (Å²) in [6, 6.07) is 54.4. The van der Waals surface area contributed by atoms with Crippen LogP contribution in [0.4, 0.5) is 0 Å². The molecule has 1 heterocycles. The zero-order valence-corrected chi connectivity index (χ0v) is 24.1. The summed E-state index contributed by atoms with van der Waals surface area (Å²) < 4.78 is 0. The van der Waals surface area contributed by atoms with Gasteiger partial charge < -0.3 is 0 Å². The largest absolute Gasteiger partial charge is 0.0888 e. The van der Waals surface area contributed by atoms with Gasteiger partial charge in [-0.1, -0.05) is 127 Å². The Kier molecular flexibility index (Phi) is 4.75. The summed E-state index contributed by atoms with van der Waals surface area (Å²) in [7, 11) is 0. The van der Waals surface area contributed by atoms with Crippen LogP contribution in [0.3, 0.4) is 0 Å². The molecule has 0 aliphatic carbocycles. The molecule has 0 unspecified atom stereocenters. The first-order chi connectivity index (χ1) is 21.3. The van der Waals surface area contributed by atoms with Gasteiger partial charge >= 0.3 is 0 Å². The minimum Gasteiger partial charge on any atom is -0.0888 e. The first kappa shape index (κ1) is 23.5. The van der Waals surface area contributed by atoms with E-state index in [0.717, 1.165) is 0 Å². The Morgan fingerprint density at radius 2 is 0.907 bits per heavy atom. The van der Waals surface area contributed by atoms with E-state index in [4.69, 9.17) is 0 Å². The van der Waals surface area contributed by atoms with E-state index in [1.807, 2.05) is 11.8 Å². The van der Waals surface area contributed by atoms with Gasteiger partial charge in [0.05, 0.1) is 0 Å². The monoisotopic (exact) mass is 560 g/mol. The lowest BCUT2D eigenvalue weighted by Gasteiger charge is -2.21. The average Bonchev–Trinajstić information content (AvgIpc) is 3.07. The van der Waals surface area contributed by atoms with Gasteiger partial charge in [0, 0.05) is 15.2 Å². The molecule has 0 atom stereocenters. The normalized spacial score (nSPS) is 12.6. The fourth-order valence-corrected chi connectivity index (χ4v) is 8.45. The van der Waals surface area contributed by atoms with Gasteiger partial charge in [0.1, 0.15) is 0 Å². The molecule has 9 aromatic carbocycles. The van der Waals surface area contributed by atoms with Crippen LogP contribution in [0, 0.1) is 0 Å². The average molecular weight is 561 g/mol. The van der Waals surface area contributed by atoms with Gasteiger partial charge in [-0.05, 0) is 112 Å². The second-order valence-electron chi connectivity index (χ2n) is 11.7. The number of fused-ring (bicyclic) bond motifs is 3. The standard InChI is InChI=1S/C42H24S/c1-4-27-12-13-29-16-19-34(36-20-17-28(5-1)40(27)42(29)36)32-15-11-25-10-14-30(22-33(25)23-32)31-18-21-38-37(24-31)35-8-2-6-26-7-3-9-39(43-38)41(26)35/h1-24H. The van der Waals surface area contributed by atoms with Crippen molar-refractivity contribution in [1.82, 2.24) is 0 Å². The molecule has 1 aliphatic heterocycles. The SMILES string of the molecule is c1cc2c3c(cccc3c1)-c1cc(-c3ccc4ccc(-c5ccc6ccc7cccc8ccc5c6c78)cc4c3)ccc1S2. The topological polar surface area (TPSA) is 0 Å². The highest BCUT2D eigenvalue weighted by Crippen LogP contribution is 2.49. The summed E-state index contributed by atoms with van der Waals surface area (Å²) in [5.74, 6) is 0. The fourth-order valence-electron chi connectivity index (χ4n) is 7.32. The lowest BCUT2D eigenvalue weighted by atomic mass is 9.89. The van der Waals surface area contributed by atoms with Crippen LogP contribution in [0.1, 0.15) is 0 Å². The fraction of sp³-hybridized carbons (Fsp3) is 0. The zero-order chi connectivity index (χ0) is 28.1. The highest BCUT2D eigenvalue weighted by atomic mass is 32.2. The molecule has 1 heteroatoms. The van der Waals surface area contributed by atoms with Crippen LogP contribution in [0.15, 0.2) is 155 Å². The third kappa shape index (κ3) is 3.40. The Bertz CT molecular complexity index is 2570. The van der Waals surface area contributed by atoms with Crippen LogP contribution in [0.5, 0.6) is 0 Å². The molecule has 0 fully saturated rings. The smallest absolute Gasteiger partial charge is 0.0207 e. The highest BCUT2D eigenvalue weighted by Gasteiger charge is 2.19. The molecule has 198 valence electrons. The van der Waals surface area contributed by atoms with Crippen LogP contribution in [0.25, 0.3) is 87.2 Å². The van der Waals surface area contributed by atoms with E-state index < -0.39 is 0 Å². The van der Waals surface area contributed by atoms with Crippen molar-refractivity contribution in [2.75, 3.05) is 0 Å². The lowest BCUT2D eigenvalue weighted by Crippen LogP contribution is -1.93. The van der Waals surface area contributed by atoms with Gasteiger partial charge in [-0.2, -0.15) is 0 Å². The summed E-state index contributed by atoms with van der Waals surface area (Å²) in [5.41, 5.74) is 7.71. The minimum absolute atomic E-state index is 1.25. The van der Waals surface area contributed by atoms with E-state index in [1.54, 1.807) is 0 Å². The van der Waals surface area contributed by atoms with Gasteiger partial charge in [0.25, 0.3) is 0 Å². The number of rotatable bonds is 2. The van der Waals surface area contributed by atoms with Crippen molar-refractivity contribution in [2.24, 2.45) is 0 Å². The van der Waals surface area contributed by atoms with Crippen molar-refractivity contribution < 1.29 is 0 Å². The molecule has 43 heavy (non-hydrogen) atoms. The molecular formula is C42H24S. The first-order valence-corrected chi connectivity index (χ1v) is 15.7. The molecule has 0 bridgehead atoms. The number of hydrogen-bond donors (Lipinski definition) is 0. The second kappa shape index (κ2) is 8.70. The van der Waals surface area contributed by atoms with Gasteiger partial charge in [-0.3, -0.25) is 0 Å². The van der Waals surface area contributed by atoms with Crippen molar-refractivity contribution in [3.05, 3.63) is 146 Å². The highest BCUT2D eigenvalue weighted by molar-refractivity contribution is 7.99. The van der Waals surface area contributed by atoms with Crippen LogP contribution in [0.2, 0.25) is 0 Å². The summed E-state index contributed by atoms with van der Waals surface area (Å²) >= 11 is 1.88. The van der Waals surface area contributed by atoms with E-state index in [1.165, 1.54) is 97.0 Å². The summed E-state index contributed by atoms with van der Waals surface area (Å²) in [6.45, 7) is 0. The summed E-state index contributed by atoms with van der Waals surface area (Å²) in [6.07, 6.45) is 0. The van der Waals surface area contributed by atoms with Crippen LogP contribution < -0.4 is 0 Å². The van der Waals surface area contributed by atoms with Crippen molar-refractivity contribution in [1.29, 1.82) is 0 Å².